The second kappa shape index (κ2) is 7.58. The van der Waals surface area contributed by atoms with Crippen molar-refractivity contribution >= 4 is 22.6 Å². The molecule has 21 heavy (non-hydrogen) atoms. The van der Waals surface area contributed by atoms with E-state index in [-0.39, 0.29) is 12.5 Å². The average molecular weight is 324 g/mol. The molecule has 0 bridgehead atoms. The van der Waals surface area contributed by atoms with Crippen LogP contribution in [0, 0.1) is 11.8 Å². The van der Waals surface area contributed by atoms with Crippen molar-refractivity contribution in [1.82, 2.24) is 14.7 Å². The van der Waals surface area contributed by atoms with Gasteiger partial charge in [0.25, 0.3) is 0 Å². The predicted molar refractivity (Wildman–Crippen MR) is 75.2 cm³/mol. The van der Waals surface area contributed by atoms with Gasteiger partial charge in [0.2, 0.25) is 5.13 Å². The zero-order chi connectivity index (χ0) is 16.0. The Bertz CT molecular complexity index is 462. The fourth-order valence-electron chi connectivity index (χ4n) is 1.45. The molecule has 1 rings (SSSR count). The van der Waals surface area contributed by atoms with Crippen LogP contribution in [0.25, 0.3) is 0 Å². The molecule has 0 radical (unpaired) electrons. The van der Waals surface area contributed by atoms with Gasteiger partial charge in [-0.1, -0.05) is 20.8 Å². The summed E-state index contributed by atoms with van der Waals surface area (Å²) < 4.78 is 40.3. The number of carbonyl (C=O) groups excluding carboxylic acids is 1. The number of hydrogen-bond donors (Lipinski definition) is 2. The van der Waals surface area contributed by atoms with Crippen molar-refractivity contribution < 1.29 is 18.0 Å². The highest BCUT2D eigenvalue weighted by Gasteiger charge is 2.38. The standard InChI is InChI=1S/C12H19F3N4OS/c1-7(2)5-17-11-18-9(19-21-11)4-8(3)6-16-10(20)12(13,14)15/h7-8H,4-6H2,1-3H3,(H,16,20)(H,17,18,19). The molecule has 0 aromatic carbocycles. The minimum Gasteiger partial charge on any atom is -0.360 e. The minimum absolute atomic E-state index is 0.0632. The van der Waals surface area contributed by atoms with Crippen LogP contribution in [0.5, 0.6) is 0 Å². The molecule has 0 saturated heterocycles. The van der Waals surface area contributed by atoms with Crippen molar-refractivity contribution in [2.75, 3.05) is 18.4 Å². The number of halogens is 3. The zero-order valence-corrected chi connectivity index (χ0v) is 12.9. The second-order valence-corrected chi connectivity index (χ2v) is 6.06. The molecule has 1 atom stereocenters. The number of hydrogen-bond acceptors (Lipinski definition) is 5. The lowest BCUT2D eigenvalue weighted by Crippen LogP contribution is -2.39. The first-order chi connectivity index (χ1) is 9.68. The molecule has 1 unspecified atom stereocenters. The van der Waals surface area contributed by atoms with Crippen molar-refractivity contribution in [3.8, 4) is 0 Å². The molecule has 0 fully saturated rings. The fraction of sp³-hybridized carbons (Fsp3) is 0.750. The number of amides is 1. The third kappa shape index (κ3) is 6.74. The molecular formula is C12H19F3N4OS. The molecule has 9 heteroatoms. The highest BCUT2D eigenvalue weighted by Crippen LogP contribution is 2.16. The second-order valence-electron chi connectivity index (χ2n) is 5.31. The van der Waals surface area contributed by atoms with Crippen LogP contribution < -0.4 is 10.6 Å². The van der Waals surface area contributed by atoms with Crippen molar-refractivity contribution in [2.24, 2.45) is 11.8 Å². The Balaban J connectivity index is 2.38. The number of alkyl halides is 3. The summed E-state index contributed by atoms with van der Waals surface area (Å²) in [6.07, 6.45) is -4.43. The van der Waals surface area contributed by atoms with Gasteiger partial charge in [-0.2, -0.15) is 17.5 Å². The Morgan fingerprint density at radius 2 is 1.95 bits per heavy atom. The third-order valence-electron chi connectivity index (χ3n) is 2.53. The van der Waals surface area contributed by atoms with E-state index in [4.69, 9.17) is 0 Å². The third-order valence-corrected chi connectivity index (χ3v) is 3.24. The molecule has 1 aromatic heterocycles. The number of carbonyl (C=O) groups is 1. The molecule has 120 valence electrons. The van der Waals surface area contributed by atoms with E-state index in [1.165, 1.54) is 11.5 Å². The van der Waals surface area contributed by atoms with E-state index in [9.17, 15) is 18.0 Å². The number of anilines is 1. The van der Waals surface area contributed by atoms with Gasteiger partial charge in [-0.25, -0.2) is 4.98 Å². The van der Waals surface area contributed by atoms with Crippen molar-refractivity contribution in [2.45, 2.75) is 33.4 Å². The van der Waals surface area contributed by atoms with Crippen LogP contribution in [0.15, 0.2) is 0 Å². The first-order valence-corrected chi connectivity index (χ1v) is 7.37. The average Bonchev–Trinajstić information content (AvgIpc) is 2.79. The lowest BCUT2D eigenvalue weighted by molar-refractivity contribution is -0.173. The van der Waals surface area contributed by atoms with Crippen molar-refractivity contribution in [1.29, 1.82) is 0 Å². The summed E-state index contributed by atoms with van der Waals surface area (Å²) in [7, 11) is 0. The smallest absolute Gasteiger partial charge is 0.360 e. The Labute approximate surface area is 125 Å². The molecule has 1 aromatic rings. The molecule has 1 amide bonds. The molecule has 0 aliphatic carbocycles. The van der Waals surface area contributed by atoms with E-state index >= 15 is 0 Å². The minimum atomic E-state index is -4.84. The van der Waals surface area contributed by atoms with E-state index in [1.54, 1.807) is 6.92 Å². The van der Waals surface area contributed by atoms with Gasteiger partial charge < -0.3 is 10.6 Å². The van der Waals surface area contributed by atoms with Gasteiger partial charge in [-0.3, -0.25) is 4.79 Å². The van der Waals surface area contributed by atoms with Crippen LogP contribution in [0.2, 0.25) is 0 Å². The van der Waals surface area contributed by atoms with E-state index in [0.717, 1.165) is 6.54 Å². The Hall–Kier alpha value is -1.38. The maximum atomic E-state index is 12.0. The van der Waals surface area contributed by atoms with Crippen molar-refractivity contribution in [3.63, 3.8) is 0 Å². The summed E-state index contributed by atoms with van der Waals surface area (Å²) in [5, 5.41) is 5.69. The number of nitrogens with zero attached hydrogens (tertiary/aromatic N) is 2. The van der Waals surface area contributed by atoms with Gasteiger partial charge >= 0.3 is 12.1 Å². The maximum absolute atomic E-state index is 12.0. The predicted octanol–water partition coefficient (Wildman–Crippen LogP) is 2.46. The number of aromatic nitrogens is 2. The number of nitrogens with one attached hydrogen (secondary N) is 2. The lowest BCUT2D eigenvalue weighted by atomic mass is 10.1. The Kier molecular flexibility index (Phi) is 6.38. The van der Waals surface area contributed by atoms with Gasteiger partial charge in [0, 0.05) is 31.0 Å². The normalized spacial score (nSPS) is 13.3. The summed E-state index contributed by atoms with van der Waals surface area (Å²) in [4.78, 5) is 15.0. The number of rotatable bonds is 7. The first-order valence-electron chi connectivity index (χ1n) is 6.60. The van der Waals surface area contributed by atoms with Gasteiger partial charge in [0.1, 0.15) is 5.82 Å². The van der Waals surface area contributed by atoms with E-state index < -0.39 is 12.1 Å². The van der Waals surface area contributed by atoms with Crippen LogP contribution in [0.4, 0.5) is 18.3 Å². The summed E-state index contributed by atoms with van der Waals surface area (Å²) in [5.74, 6) is -1.04. The summed E-state index contributed by atoms with van der Waals surface area (Å²) in [6, 6.07) is 0. The van der Waals surface area contributed by atoms with Gasteiger partial charge in [0.05, 0.1) is 0 Å². The van der Waals surface area contributed by atoms with E-state index in [0.29, 0.717) is 23.3 Å². The van der Waals surface area contributed by atoms with E-state index in [1.807, 2.05) is 5.32 Å². The van der Waals surface area contributed by atoms with E-state index in [2.05, 4.69) is 28.5 Å². The Morgan fingerprint density at radius 3 is 2.52 bits per heavy atom. The topological polar surface area (TPSA) is 66.9 Å². The van der Waals surface area contributed by atoms with Crippen LogP contribution >= 0.6 is 11.5 Å². The highest BCUT2D eigenvalue weighted by atomic mass is 32.1. The summed E-state index contributed by atoms with van der Waals surface area (Å²) in [5.41, 5.74) is 0. The fourth-order valence-corrected chi connectivity index (χ4v) is 2.05. The maximum Gasteiger partial charge on any atom is 0.471 e. The zero-order valence-electron chi connectivity index (χ0n) is 12.1. The van der Waals surface area contributed by atoms with Gasteiger partial charge in [-0.15, -0.1) is 0 Å². The summed E-state index contributed by atoms with van der Waals surface area (Å²) >= 11 is 1.22. The Morgan fingerprint density at radius 1 is 1.29 bits per heavy atom. The first kappa shape index (κ1) is 17.7. The molecule has 0 aliphatic heterocycles. The largest absolute Gasteiger partial charge is 0.471 e. The lowest BCUT2D eigenvalue weighted by Gasteiger charge is -2.12. The SMILES string of the molecule is CC(C)CNc1nc(CC(C)CNC(=O)C(F)(F)F)ns1. The van der Waals surface area contributed by atoms with Crippen LogP contribution in [-0.4, -0.2) is 34.5 Å². The molecule has 0 saturated carbocycles. The quantitative estimate of drug-likeness (QED) is 0.808. The van der Waals surface area contributed by atoms with Crippen LogP contribution in [-0.2, 0) is 11.2 Å². The molecular weight excluding hydrogens is 305 g/mol. The molecule has 1 heterocycles. The van der Waals surface area contributed by atoms with Gasteiger partial charge in [-0.05, 0) is 11.8 Å². The molecule has 0 spiro atoms. The monoisotopic (exact) mass is 324 g/mol. The highest BCUT2D eigenvalue weighted by molar-refractivity contribution is 7.09. The van der Waals surface area contributed by atoms with Crippen LogP contribution in [0.3, 0.4) is 0 Å². The summed E-state index contributed by atoms with van der Waals surface area (Å²) in [6.45, 7) is 6.59. The molecule has 5 nitrogen and oxygen atoms in total. The molecule has 0 aliphatic rings. The van der Waals surface area contributed by atoms with Crippen LogP contribution in [0.1, 0.15) is 26.6 Å². The molecule has 2 N–H and O–H groups in total. The van der Waals surface area contributed by atoms with Crippen molar-refractivity contribution in [3.05, 3.63) is 5.82 Å². The van der Waals surface area contributed by atoms with Gasteiger partial charge in [0.15, 0.2) is 0 Å².